The first kappa shape index (κ1) is 11.6. The molecule has 3 heteroatoms. The molecule has 1 aromatic carbocycles. The maximum absolute atomic E-state index is 11.7. The second-order valence-corrected chi connectivity index (χ2v) is 3.61. The Balaban J connectivity index is 2.93. The molecular weight excluding hydrogens is 190 g/mol. The Labute approximate surface area is 89.7 Å². The first-order valence-corrected chi connectivity index (χ1v) is 4.84. The smallest absolute Gasteiger partial charge is 0.161 e. The second-order valence-electron chi connectivity index (χ2n) is 3.61. The van der Waals surface area contributed by atoms with E-state index in [1.54, 1.807) is 0 Å². The lowest BCUT2D eigenvalue weighted by atomic mass is 10.0. The van der Waals surface area contributed by atoms with E-state index in [-0.39, 0.29) is 18.2 Å². The number of hydrogen-bond acceptors (Lipinski definition) is 3. The van der Waals surface area contributed by atoms with Crippen LogP contribution in [0.4, 0.5) is 0 Å². The van der Waals surface area contributed by atoms with Crippen LogP contribution in [0.25, 0.3) is 0 Å². The van der Waals surface area contributed by atoms with Gasteiger partial charge >= 0.3 is 0 Å². The van der Waals surface area contributed by atoms with Gasteiger partial charge in [0, 0.05) is 0 Å². The zero-order valence-electron chi connectivity index (χ0n) is 9.01. The van der Waals surface area contributed by atoms with Crippen molar-refractivity contribution >= 4 is 12.1 Å². The number of rotatable bonds is 5. The minimum atomic E-state index is -0.323. The lowest BCUT2D eigenvalue weighted by molar-refractivity contribution is -0.126. The van der Waals surface area contributed by atoms with Crippen LogP contribution in [0, 0.1) is 0 Å². The van der Waals surface area contributed by atoms with Gasteiger partial charge in [-0.15, -0.1) is 0 Å². The summed E-state index contributed by atoms with van der Waals surface area (Å²) >= 11 is 0. The molecular formula is C12H15NO2. The molecule has 0 saturated carbocycles. The number of hydrogen-bond donors (Lipinski definition) is 0. The van der Waals surface area contributed by atoms with Crippen LogP contribution in [0.1, 0.15) is 18.0 Å². The highest BCUT2D eigenvalue weighted by Crippen LogP contribution is 2.19. The van der Waals surface area contributed by atoms with Crippen molar-refractivity contribution in [1.82, 2.24) is 4.90 Å². The quantitative estimate of drug-likeness (QED) is 0.539. The summed E-state index contributed by atoms with van der Waals surface area (Å²) in [6, 6.07) is 9.15. The Morgan fingerprint density at radius 2 is 1.93 bits per heavy atom. The number of aldehydes is 1. The van der Waals surface area contributed by atoms with Gasteiger partial charge < -0.3 is 4.79 Å². The van der Waals surface area contributed by atoms with Gasteiger partial charge in [-0.1, -0.05) is 30.3 Å². The Morgan fingerprint density at radius 3 is 2.40 bits per heavy atom. The normalized spacial score (nSPS) is 12.5. The van der Waals surface area contributed by atoms with E-state index in [2.05, 4.69) is 0 Å². The Morgan fingerprint density at radius 1 is 1.33 bits per heavy atom. The van der Waals surface area contributed by atoms with E-state index in [0.717, 1.165) is 5.56 Å². The standard InChI is InChI=1S/C12H15NO2/c1-13(2)12(11(15)8-9-14)10-6-4-3-5-7-10/h3-7,9,12H,8H2,1-2H3. The van der Waals surface area contributed by atoms with E-state index in [1.807, 2.05) is 49.3 Å². The molecule has 1 unspecified atom stereocenters. The van der Waals surface area contributed by atoms with Gasteiger partial charge in [0.05, 0.1) is 12.5 Å². The van der Waals surface area contributed by atoms with Crippen LogP contribution in [0.15, 0.2) is 30.3 Å². The lowest BCUT2D eigenvalue weighted by Gasteiger charge is -2.22. The van der Waals surface area contributed by atoms with Crippen molar-refractivity contribution < 1.29 is 9.59 Å². The topological polar surface area (TPSA) is 37.4 Å². The third kappa shape index (κ3) is 2.99. The predicted molar refractivity (Wildman–Crippen MR) is 58.6 cm³/mol. The van der Waals surface area contributed by atoms with Crippen LogP contribution < -0.4 is 0 Å². The van der Waals surface area contributed by atoms with Crippen molar-refractivity contribution in [3.05, 3.63) is 35.9 Å². The minimum absolute atomic E-state index is 0.0300. The average Bonchev–Trinajstić information content (AvgIpc) is 2.19. The molecule has 0 amide bonds. The van der Waals surface area contributed by atoms with E-state index >= 15 is 0 Å². The first-order chi connectivity index (χ1) is 7.16. The summed E-state index contributed by atoms with van der Waals surface area (Å²) in [6.45, 7) is 0. The molecule has 0 aliphatic rings. The van der Waals surface area contributed by atoms with Crippen molar-refractivity contribution in [2.24, 2.45) is 0 Å². The maximum atomic E-state index is 11.7. The highest BCUT2D eigenvalue weighted by molar-refractivity contribution is 5.94. The SMILES string of the molecule is CN(C)C(C(=O)CC=O)c1ccccc1. The van der Waals surface area contributed by atoms with Crippen LogP contribution in [-0.2, 0) is 9.59 Å². The van der Waals surface area contributed by atoms with Gasteiger partial charge in [-0.2, -0.15) is 0 Å². The summed E-state index contributed by atoms with van der Waals surface area (Å²) in [5.74, 6) is -0.0683. The third-order valence-electron chi connectivity index (χ3n) is 2.22. The molecule has 0 spiro atoms. The summed E-state index contributed by atoms with van der Waals surface area (Å²) in [7, 11) is 3.67. The van der Waals surface area contributed by atoms with Gasteiger partial charge in [0.2, 0.25) is 0 Å². The van der Waals surface area contributed by atoms with Gasteiger partial charge in [-0.25, -0.2) is 0 Å². The molecule has 1 aromatic rings. The predicted octanol–water partition coefficient (Wildman–Crippen LogP) is 1.45. The van der Waals surface area contributed by atoms with E-state index in [4.69, 9.17) is 0 Å². The molecule has 0 N–H and O–H groups in total. The van der Waals surface area contributed by atoms with E-state index in [0.29, 0.717) is 6.29 Å². The number of likely N-dealkylation sites (N-methyl/N-ethyl adjacent to an activating group) is 1. The number of nitrogens with zero attached hydrogens (tertiary/aromatic N) is 1. The first-order valence-electron chi connectivity index (χ1n) is 4.84. The monoisotopic (exact) mass is 205 g/mol. The zero-order valence-corrected chi connectivity index (χ0v) is 9.01. The van der Waals surface area contributed by atoms with Crippen LogP contribution in [0.5, 0.6) is 0 Å². The molecule has 80 valence electrons. The summed E-state index contributed by atoms with van der Waals surface area (Å²) in [5, 5.41) is 0. The third-order valence-corrected chi connectivity index (χ3v) is 2.22. The van der Waals surface area contributed by atoms with Crippen LogP contribution in [0.2, 0.25) is 0 Å². The fraction of sp³-hybridized carbons (Fsp3) is 0.333. The zero-order chi connectivity index (χ0) is 11.3. The number of ketones is 1. The van der Waals surface area contributed by atoms with Gasteiger partial charge in [-0.05, 0) is 19.7 Å². The van der Waals surface area contributed by atoms with E-state index in [9.17, 15) is 9.59 Å². The summed E-state index contributed by atoms with van der Waals surface area (Å²) in [4.78, 5) is 23.9. The Bertz CT molecular complexity index is 333. The molecule has 0 heterocycles. The fourth-order valence-corrected chi connectivity index (χ4v) is 1.60. The van der Waals surface area contributed by atoms with Gasteiger partial charge in [0.25, 0.3) is 0 Å². The largest absolute Gasteiger partial charge is 0.303 e. The lowest BCUT2D eigenvalue weighted by Crippen LogP contribution is -2.27. The number of carbonyl (C=O) groups is 2. The van der Waals surface area contributed by atoms with Crippen molar-refractivity contribution in [3.8, 4) is 0 Å². The van der Waals surface area contributed by atoms with Crippen LogP contribution in [0.3, 0.4) is 0 Å². The molecule has 0 fully saturated rings. The van der Waals surface area contributed by atoms with Crippen molar-refractivity contribution in [1.29, 1.82) is 0 Å². The van der Waals surface area contributed by atoms with Crippen molar-refractivity contribution in [2.75, 3.05) is 14.1 Å². The maximum Gasteiger partial charge on any atom is 0.161 e. The highest BCUT2D eigenvalue weighted by atomic mass is 16.1. The second kappa shape index (κ2) is 5.41. The summed E-state index contributed by atoms with van der Waals surface area (Å²) in [6.07, 6.45) is 0.625. The molecule has 0 aromatic heterocycles. The molecule has 3 nitrogen and oxygen atoms in total. The minimum Gasteiger partial charge on any atom is -0.303 e. The Hall–Kier alpha value is -1.48. The van der Waals surface area contributed by atoms with Crippen molar-refractivity contribution in [3.63, 3.8) is 0 Å². The number of Topliss-reactive ketones (excluding diaryl/α,β-unsaturated/α-hetero) is 1. The molecule has 0 bridgehead atoms. The molecule has 1 rings (SSSR count). The van der Waals surface area contributed by atoms with Gasteiger partial charge in [0.15, 0.2) is 5.78 Å². The number of benzene rings is 1. The molecule has 0 radical (unpaired) electrons. The molecule has 0 aliphatic heterocycles. The Kier molecular flexibility index (Phi) is 4.18. The van der Waals surface area contributed by atoms with E-state index < -0.39 is 0 Å². The highest BCUT2D eigenvalue weighted by Gasteiger charge is 2.21. The number of carbonyl (C=O) groups excluding carboxylic acids is 2. The van der Waals surface area contributed by atoms with Gasteiger partial charge in [-0.3, -0.25) is 9.69 Å². The van der Waals surface area contributed by atoms with Crippen LogP contribution in [-0.4, -0.2) is 31.1 Å². The molecule has 0 aliphatic carbocycles. The average molecular weight is 205 g/mol. The molecule has 0 saturated heterocycles. The van der Waals surface area contributed by atoms with Crippen molar-refractivity contribution in [2.45, 2.75) is 12.5 Å². The van der Waals surface area contributed by atoms with Crippen LogP contribution >= 0.6 is 0 Å². The fourth-order valence-electron chi connectivity index (χ4n) is 1.60. The summed E-state index contributed by atoms with van der Waals surface area (Å²) in [5.41, 5.74) is 0.925. The van der Waals surface area contributed by atoms with Gasteiger partial charge in [0.1, 0.15) is 6.29 Å². The van der Waals surface area contributed by atoms with E-state index in [1.165, 1.54) is 0 Å². The summed E-state index contributed by atoms with van der Waals surface area (Å²) < 4.78 is 0. The molecule has 1 atom stereocenters. The molecule has 15 heavy (non-hydrogen) atoms.